The Morgan fingerprint density at radius 3 is 2.88 bits per heavy atom. The predicted molar refractivity (Wildman–Crippen MR) is 60.9 cm³/mol. The van der Waals surface area contributed by atoms with Gasteiger partial charge in [-0.05, 0) is 43.2 Å². The summed E-state index contributed by atoms with van der Waals surface area (Å²) >= 11 is 0. The molecule has 0 spiro atoms. The van der Waals surface area contributed by atoms with Crippen LogP contribution in [0.4, 0.5) is 0 Å². The van der Waals surface area contributed by atoms with Crippen LogP contribution in [0.3, 0.4) is 0 Å². The zero-order valence-electron chi connectivity index (χ0n) is 9.23. The van der Waals surface area contributed by atoms with E-state index in [1.807, 2.05) is 12.1 Å². The van der Waals surface area contributed by atoms with E-state index in [1.165, 1.54) is 25.7 Å². The Morgan fingerprint density at radius 1 is 1.31 bits per heavy atom. The van der Waals surface area contributed by atoms with Crippen LogP contribution in [0.25, 0.3) is 0 Å². The molecule has 0 unspecified atom stereocenters. The number of aromatic nitrogens is 1. The van der Waals surface area contributed by atoms with Crippen LogP contribution >= 0.6 is 0 Å². The Balaban J connectivity index is 1.65. The van der Waals surface area contributed by atoms with Gasteiger partial charge < -0.3 is 5.32 Å². The van der Waals surface area contributed by atoms with Crippen molar-refractivity contribution in [3.05, 3.63) is 30.1 Å². The molecule has 3 nitrogen and oxygen atoms in total. The van der Waals surface area contributed by atoms with Gasteiger partial charge in [0.1, 0.15) is 5.69 Å². The average Bonchev–Trinajstić information content (AvgIpc) is 2.92. The number of rotatable bonds is 2. The highest BCUT2D eigenvalue weighted by molar-refractivity contribution is 5.92. The van der Waals surface area contributed by atoms with Gasteiger partial charge in [0.05, 0.1) is 0 Å². The first-order valence-corrected chi connectivity index (χ1v) is 6.05. The van der Waals surface area contributed by atoms with E-state index in [4.69, 9.17) is 0 Å². The molecule has 0 aliphatic heterocycles. The normalized spacial score (nSPS) is 31.6. The molecule has 2 saturated carbocycles. The summed E-state index contributed by atoms with van der Waals surface area (Å²) in [5.74, 6) is 1.56. The summed E-state index contributed by atoms with van der Waals surface area (Å²) in [6.45, 7) is 0. The maximum absolute atomic E-state index is 11.9. The quantitative estimate of drug-likeness (QED) is 0.821. The molecule has 1 aromatic rings. The smallest absolute Gasteiger partial charge is 0.270 e. The standard InChI is InChI=1S/C13H16N2O/c16-13(11-3-1-2-6-14-11)15-12-8-9-4-5-10(12)7-9/h1-3,6,9-10,12H,4-5,7-8H2,(H,15,16)/t9-,10+,12-/m1/s1. The summed E-state index contributed by atoms with van der Waals surface area (Å²) in [5.41, 5.74) is 0.533. The molecule has 1 aromatic heterocycles. The van der Waals surface area contributed by atoms with Gasteiger partial charge in [0, 0.05) is 12.2 Å². The van der Waals surface area contributed by atoms with Gasteiger partial charge in [-0.1, -0.05) is 12.5 Å². The molecule has 16 heavy (non-hydrogen) atoms. The van der Waals surface area contributed by atoms with Crippen molar-refractivity contribution >= 4 is 5.91 Å². The molecule has 3 heteroatoms. The topological polar surface area (TPSA) is 42.0 Å². The molecule has 2 fully saturated rings. The first-order valence-electron chi connectivity index (χ1n) is 6.05. The number of hydrogen-bond acceptors (Lipinski definition) is 2. The van der Waals surface area contributed by atoms with Crippen LogP contribution in [-0.4, -0.2) is 16.9 Å². The molecular weight excluding hydrogens is 200 g/mol. The van der Waals surface area contributed by atoms with Gasteiger partial charge in [0.25, 0.3) is 5.91 Å². The molecule has 1 heterocycles. The molecule has 2 aliphatic carbocycles. The third-order valence-corrected chi connectivity index (χ3v) is 3.95. The van der Waals surface area contributed by atoms with E-state index in [0.717, 1.165) is 11.8 Å². The van der Waals surface area contributed by atoms with Crippen LogP contribution in [0.1, 0.15) is 36.2 Å². The second-order valence-corrected chi connectivity index (χ2v) is 4.97. The van der Waals surface area contributed by atoms with E-state index in [1.54, 1.807) is 12.3 Å². The first-order chi connectivity index (χ1) is 7.83. The lowest BCUT2D eigenvalue weighted by Crippen LogP contribution is -2.38. The van der Waals surface area contributed by atoms with E-state index >= 15 is 0 Å². The monoisotopic (exact) mass is 216 g/mol. The largest absolute Gasteiger partial charge is 0.348 e. The van der Waals surface area contributed by atoms with Crippen molar-refractivity contribution in [2.75, 3.05) is 0 Å². The molecule has 3 atom stereocenters. The lowest BCUT2D eigenvalue weighted by atomic mass is 9.95. The van der Waals surface area contributed by atoms with Crippen molar-refractivity contribution in [3.8, 4) is 0 Å². The van der Waals surface area contributed by atoms with Crippen molar-refractivity contribution in [1.29, 1.82) is 0 Å². The number of amides is 1. The Labute approximate surface area is 95.3 Å². The van der Waals surface area contributed by atoms with Crippen LogP contribution in [0.5, 0.6) is 0 Å². The van der Waals surface area contributed by atoms with Gasteiger partial charge in [-0.25, -0.2) is 0 Å². The number of hydrogen-bond donors (Lipinski definition) is 1. The Morgan fingerprint density at radius 2 is 2.25 bits per heavy atom. The minimum Gasteiger partial charge on any atom is -0.348 e. The molecule has 0 saturated heterocycles. The Bertz CT molecular complexity index is 390. The second kappa shape index (κ2) is 3.89. The molecule has 3 rings (SSSR count). The molecule has 2 bridgehead atoms. The summed E-state index contributed by atoms with van der Waals surface area (Å²) < 4.78 is 0. The SMILES string of the molecule is O=C(N[C@@H]1C[C@@H]2CC[C@H]1C2)c1ccccn1. The number of pyridine rings is 1. The van der Waals surface area contributed by atoms with E-state index in [2.05, 4.69) is 10.3 Å². The highest BCUT2D eigenvalue weighted by atomic mass is 16.1. The predicted octanol–water partition coefficient (Wildman–Crippen LogP) is 2.00. The molecule has 1 amide bonds. The summed E-state index contributed by atoms with van der Waals surface area (Å²) in [7, 11) is 0. The number of fused-ring (bicyclic) bond motifs is 2. The molecule has 2 aliphatic rings. The lowest BCUT2D eigenvalue weighted by molar-refractivity contribution is 0.0918. The van der Waals surface area contributed by atoms with Gasteiger partial charge >= 0.3 is 0 Å². The fraction of sp³-hybridized carbons (Fsp3) is 0.538. The van der Waals surface area contributed by atoms with Crippen molar-refractivity contribution in [3.63, 3.8) is 0 Å². The number of nitrogens with zero attached hydrogens (tertiary/aromatic N) is 1. The highest BCUT2D eigenvalue weighted by Gasteiger charge is 2.40. The van der Waals surface area contributed by atoms with E-state index in [9.17, 15) is 4.79 Å². The lowest BCUT2D eigenvalue weighted by Gasteiger charge is -2.22. The van der Waals surface area contributed by atoms with Crippen molar-refractivity contribution in [2.45, 2.75) is 31.7 Å². The number of carbonyl (C=O) groups excluding carboxylic acids is 1. The van der Waals surface area contributed by atoms with Gasteiger partial charge in [0.2, 0.25) is 0 Å². The zero-order valence-corrected chi connectivity index (χ0v) is 9.23. The second-order valence-electron chi connectivity index (χ2n) is 4.97. The third-order valence-electron chi connectivity index (χ3n) is 3.95. The Kier molecular flexibility index (Phi) is 2.39. The summed E-state index contributed by atoms with van der Waals surface area (Å²) in [5, 5.41) is 3.13. The van der Waals surface area contributed by atoms with Gasteiger partial charge in [-0.15, -0.1) is 0 Å². The zero-order chi connectivity index (χ0) is 11.0. The summed E-state index contributed by atoms with van der Waals surface area (Å²) in [6.07, 6.45) is 6.80. The third kappa shape index (κ3) is 1.70. The van der Waals surface area contributed by atoms with Crippen molar-refractivity contribution in [1.82, 2.24) is 10.3 Å². The number of nitrogens with one attached hydrogen (secondary N) is 1. The molecule has 84 valence electrons. The van der Waals surface area contributed by atoms with Crippen LogP contribution in [-0.2, 0) is 0 Å². The minimum atomic E-state index is -0.0156. The van der Waals surface area contributed by atoms with Crippen molar-refractivity contribution in [2.24, 2.45) is 11.8 Å². The number of carbonyl (C=O) groups is 1. The fourth-order valence-corrected chi connectivity index (χ4v) is 3.16. The van der Waals surface area contributed by atoms with Crippen LogP contribution in [0, 0.1) is 11.8 Å². The summed E-state index contributed by atoms with van der Waals surface area (Å²) in [4.78, 5) is 16.0. The van der Waals surface area contributed by atoms with E-state index < -0.39 is 0 Å². The fourth-order valence-electron chi connectivity index (χ4n) is 3.16. The maximum atomic E-state index is 11.9. The average molecular weight is 216 g/mol. The van der Waals surface area contributed by atoms with Crippen LogP contribution < -0.4 is 5.32 Å². The summed E-state index contributed by atoms with van der Waals surface area (Å²) in [6, 6.07) is 5.84. The van der Waals surface area contributed by atoms with Crippen LogP contribution in [0.15, 0.2) is 24.4 Å². The van der Waals surface area contributed by atoms with E-state index in [0.29, 0.717) is 11.7 Å². The van der Waals surface area contributed by atoms with Gasteiger partial charge in [-0.3, -0.25) is 9.78 Å². The first kappa shape index (κ1) is 9.82. The maximum Gasteiger partial charge on any atom is 0.270 e. The van der Waals surface area contributed by atoms with Crippen LogP contribution in [0.2, 0.25) is 0 Å². The molecule has 1 N–H and O–H groups in total. The minimum absolute atomic E-state index is 0.0156. The molecular formula is C13H16N2O. The van der Waals surface area contributed by atoms with Gasteiger partial charge in [0.15, 0.2) is 0 Å². The Hall–Kier alpha value is -1.38. The van der Waals surface area contributed by atoms with E-state index in [-0.39, 0.29) is 5.91 Å². The van der Waals surface area contributed by atoms with Crippen molar-refractivity contribution < 1.29 is 4.79 Å². The highest BCUT2D eigenvalue weighted by Crippen LogP contribution is 2.44. The molecule has 0 radical (unpaired) electrons. The molecule has 0 aromatic carbocycles. The van der Waals surface area contributed by atoms with Gasteiger partial charge in [-0.2, -0.15) is 0 Å².